The molecule has 0 saturated heterocycles. The molecule has 0 aliphatic rings. The van der Waals surface area contributed by atoms with Crippen molar-refractivity contribution in [3.8, 4) is 22.6 Å². The Balaban J connectivity index is 1.67. The van der Waals surface area contributed by atoms with E-state index in [1.807, 2.05) is 25.4 Å². The van der Waals surface area contributed by atoms with E-state index in [1.54, 1.807) is 23.3 Å². The smallest absolute Gasteiger partial charge is 0.261 e. The van der Waals surface area contributed by atoms with Crippen LogP contribution in [0.1, 0.15) is 38.1 Å². The lowest BCUT2D eigenvalue weighted by Crippen LogP contribution is -2.21. The summed E-state index contributed by atoms with van der Waals surface area (Å²) in [5, 5.41) is 8.45. The Morgan fingerprint density at radius 3 is 2.24 bits per heavy atom. The van der Waals surface area contributed by atoms with Crippen LogP contribution in [-0.2, 0) is 7.05 Å². The number of hydrogen-bond acceptors (Lipinski definition) is 7. The minimum Gasteiger partial charge on any atom is -0.368 e. The van der Waals surface area contributed by atoms with E-state index in [4.69, 9.17) is 10.3 Å². The second-order valence-electron chi connectivity index (χ2n) is 8.11. The molecule has 1 atom stereocenters. The maximum Gasteiger partial charge on any atom is 0.261 e. The molecule has 2 N–H and O–H groups in total. The average Bonchev–Trinajstić information content (AvgIpc) is 3.31. The third-order valence-electron chi connectivity index (χ3n) is 4.77. The number of hydrogen-bond donors (Lipinski definition) is 1. The van der Waals surface area contributed by atoms with Gasteiger partial charge in [-0.3, -0.25) is 4.68 Å². The molecule has 0 bridgehead atoms. The number of aryl methyl sites for hydroxylation is 1. The second kappa shape index (κ2) is 7.12. The molecule has 8 nitrogen and oxygen atoms in total. The van der Waals surface area contributed by atoms with Gasteiger partial charge in [0.15, 0.2) is 5.82 Å². The Hall–Kier alpha value is -3.55. The van der Waals surface area contributed by atoms with Gasteiger partial charge in [-0.1, -0.05) is 50.2 Å². The highest BCUT2D eigenvalue weighted by Crippen LogP contribution is 2.40. The van der Waals surface area contributed by atoms with Crippen molar-refractivity contribution in [1.82, 2.24) is 29.9 Å². The summed E-state index contributed by atoms with van der Waals surface area (Å²) < 4.78 is 7.23. The van der Waals surface area contributed by atoms with E-state index in [-0.39, 0.29) is 17.3 Å². The lowest BCUT2D eigenvalue weighted by atomic mass is 9.76. The third kappa shape index (κ3) is 3.87. The number of nitrogens with two attached hydrogens (primary N) is 1. The van der Waals surface area contributed by atoms with Crippen molar-refractivity contribution >= 4 is 5.95 Å². The van der Waals surface area contributed by atoms with Crippen molar-refractivity contribution in [2.75, 3.05) is 5.73 Å². The molecule has 0 saturated carbocycles. The zero-order valence-electron chi connectivity index (χ0n) is 16.9. The normalized spacial score (nSPS) is 12.8. The van der Waals surface area contributed by atoms with Crippen LogP contribution in [0.25, 0.3) is 22.6 Å². The number of nitrogen functional groups attached to an aromatic ring is 1. The Bertz CT molecular complexity index is 1110. The van der Waals surface area contributed by atoms with E-state index in [9.17, 15) is 0 Å². The lowest BCUT2D eigenvalue weighted by molar-refractivity contribution is 0.332. The topological polar surface area (TPSA) is 109 Å². The van der Waals surface area contributed by atoms with Crippen molar-refractivity contribution in [3.63, 3.8) is 0 Å². The van der Waals surface area contributed by atoms with Crippen LogP contribution in [-0.4, -0.2) is 29.9 Å². The first-order valence-corrected chi connectivity index (χ1v) is 9.32. The molecule has 1 unspecified atom stereocenters. The number of anilines is 1. The molecule has 29 heavy (non-hydrogen) atoms. The van der Waals surface area contributed by atoms with E-state index >= 15 is 0 Å². The molecule has 4 aromatic rings. The molecule has 0 aliphatic carbocycles. The minimum absolute atomic E-state index is 0.0339. The molecule has 148 valence electrons. The van der Waals surface area contributed by atoms with Crippen LogP contribution in [0.3, 0.4) is 0 Å². The van der Waals surface area contributed by atoms with Gasteiger partial charge in [0, 0.05) is 31.2 Å². The van der Waals surface area contributed by atoms with Gasteiger partial charge in [0.25, 0.3) is 5.89 Å². The maximum atomic E-state index is 5.58. The van der Waals surface area contributed by atoms with E-state index in [0.717, 1.165) is 22.3 Å². The van der Waals surface area contributed by atoms with Gasteiger partial charge in [-0.05, 0) is 16.5 Å². The highest BCUT2D eigenvalue weighted by atomic mass is 16.5. The summed E-state index contributed by atoms with van der Waals surface area (Å²) in [5.41, 5.74) is 9.31. The van der Waals surface area contributed by atoms with Gasteiger partial charge in [0.1, 0.15) is 0 Å². The van der Waals surface area contributed by atoms with Gasteiger partial charge in [-0.15, -0.1) is 0 Å². The van der Waals surface area contributed by atoms with E-state index in [2.05, 4.69) is 58.1 Å². The van der Waals surface area contributed by atoms with Crippen LogP contribution < -0.4 is 5.73 Å². The number of nitrogens with zero attached hydrogens (tertiary/aromatic N) is 6. The van der Waals surface area contributed by atoms with Crippen molar-refractivity contribution in [2.24, 2.45) is 12.5 Å². The average molecular weight is 389 g/mol. The largest absolute Gasteiger partial charge is 0.368 e. The van der Waals surface area contributed by atoms with Crippen LogP contribution in [0.5, 0.6) is 0 Å². The van der Waals surface area contributed by atoms with Crippen LogP contribution in [0.15, 0.2) is 53.6 Å². The van der Waals surface area contributed by atoms with Crippen molar-refractivity contribution < 1.29 is 4.52 Å². The third-order valence-corrected chi connectivity index (χ3v) is 4.77. The summed E-state index contributed by atoms with van der Waals surface area (Å²) in [4.78, 5) is 12.8. The Morgan fingerprint density at radius 2 is 1.66 bits per heavy atom. The molecule has 0 radical (unpaired) electrons. The molecule has 0 spiro atoms. The standard InChI is InChI=1S/C21H23N7O/c1-21(2,3)17(18-26-19(29-27-18)16-11-25-28(4)12-16)14-7-5-13(6-8-14)15-9-23-20(22)24-10-15/h5-12,17H,1-4H3,(H2,22,23,24). The highest BCUT2D eigenvalue weighted by molar-refractivity contribution is 5.62. The molecule has 0 fully saturated rings. The maximum absolute atomic E-state index is 5.58. The van der Waals surface area contributed by atoms with E-state index < -0.39 is 0 Å². The van der Waals surface area contributed by atoms with E-state index in [1.165, 1.54) is 0 Å². The van der Waals surface area contributed by atoms with Crippen molar-refractivity contribution in [2.45, 2.75) is 26.7 Å². The first-order chi connectivity index (χ1) is 13.8. The summed E-state index contributed by atoms with van der Waals surface area (Å²) in [6.45, 7) is 6.50. The summed E-state index contributed by atoms with van der Waals surface area (Å²) >= 11 is 0. The van der Waals surface area contributed by atoms with Crippen LogP contribution in [0, 0.1) is 5.41 Å². The molecule has 1 aromatic carbocycles. The molecule has 4 rings (SSSR count). The predicted molar refractivity (Wildman–Crippen MR) is 110 cm³/mol. The van der Waals surface area contributed by atoms with Gasteiger partial charge < -0.3 is 10.3 Å². The molecule has 3 aromatic heterocycles. The first-order valence-electron chi connectivity index (χ1n) is 9.32. The first kappa shape index (κ1) is 18.8. The Morgan fingerprint density at radius 1 is 0.966 bits per heavy atom. The van der Waals surface area contributed by atoms with Crippen LogP contribution >= 0.6 is 0 Å². The highest BCUT2D eigenvalue weighted by Gasteiger charge is 2.32. The summed E-state index contributed by atoms with van der Waals surface area (Å²) in [7, 11) is 1.85. The number of rotatable bonds is 4. The van der Waals surface area contributed by atoms with Crippen LogP contribution in [0.2, 0.25) is 0 Å². The van der Waals surface area contributed by atoms with Crippen molar-refractivity contribution in [1.29, 1.82) is 0 Å². The van der Waals surface area contributed by atoms with E-state index in [0.29, 0.717) is 11.7 Å². The molecule has 3 heterocycles. The Kier molecular flexibility index (Phi) is 4.62. The lowest BCUT2D eigenvalue weighted by Gasteiger charge is -2.28. The number of benzene rings is 1. The molecular weight excluding hydrogens is 366 g/mol. The number of aromatic nitrogens is 6. The van der Waals surface area contributed by atoms with Crippen molar-refractivity contribution in [3.05, 3.63) is 60.4 Å². The second-order valence-corrected chi connectivity index (χ2v) is 8.11. The fraction of sp³-hybridized carbons (Fsp3) is 0.286. The fourth-order valence-corrected chi connectivity index (χ4v) is 3.39. The minimum atomic E-state index is -0.109. The van der Waals surface area contributed by atoms with Crippen LogP contribution in [0.4, 0.5) is 5.95 Å². The molecule has 0 aliphatic heterocycles. The summed E-state index contributed by atoms with van der Waals surface area (Å²) in [6.07, 6.45) is 7.01. The summed E-state index contributed by atoms with van der Waals surface area (Å²) in [5.74, 6) is 1.35. The fourth-order valence-electron chi connectivity index (χ4n) is 3.39. The van der Waals surface area contributed by atoms with Gasteiger partial charge in [0.2, 0.25) is 5.95 Å². The predicted octanol–water partition coefficient (Wildman–Crippen LogP) is 3.69. The summed E-state index contributed by atoms with van der Waals surface area (Å²) in [6, 6.07) is 8.26. The monoisotopic (exact) mass is 389 g/mol. The van der Waals surface area contributed by atoms with Gasteiger partial charge in [0.05, 0.1) is 17.7 Å². The van der Waals surface area contributed by atoms with Gasteiger partial charge in [-0.2, -0.15) is 10.1 Å². The Labute approximate surface area is 168 Å². The zero-order chi connectivity index (χ0) is 20.6. The quantitative estimate of drug-likeness (QED) is 0.567. The van der Waals surface area contributed by atoms with Gasteiger partial charge >= 0.3 is 0 Å². The SMILES string of the molecule is Cn1cc(-c2nc(C(c3ccc(-c4cnc(N)nc4)cc3)C(C)(C)C)no2)cn1. The molecule has 8 heteroatoms. The molecule has 0 amide bonds. The van der Waals surface area contributed by atoms with Gasteiger partial charge in [-0.25, -0.2) is 9.97 Å². The zero-order valence-corrected chi connectivity index (χ0v) is 16.9. The molecular formula is C21H23N7O.